The Kier molecular flexibility index (Phi) is 3.85. The monoisotopic (exact) mass is 324 g/mol. The number of pyridine rings is 1. The van der Waals surface area contributed by atoms with E-state index < -0.39 is 0 Å². The molecule has 1 N–H and O–H groups in total. The van der Waals surface area contributed by atoms with Crippen LogP contribution in [0.4, 0.5) is 16.8 Å². The highest BCUT2D eigenvalue weighted by atomic mass is 32.1. The van der Waals surface area contributed by atoms with Gasteiger partial charge in [0.2, 0.25) is 0 Å². The standard InChI is InChI=1S/C16H16N6S/c1-2-7-18-14(5-1)21-16-20-12(10-23-16)13-4-3-9-22(13)15-6-8-17-11-19-15/h1-2,5-8,10-11,13H,3-4,9H2,(H,18,20,21)/t13-/m1/s1. The van der Waals surface area contributed by atoms with Crippen LogP contribution in [0.3, 0.4) is 0 Å². The van der Waals surface area contributed by atoms with Gasteiger partial charge < -0.3 is 10.2 Å². The molecule has 1 atom stereocenters. The van der Waals surface area contributed by atoms with Gasteiger partial charge >= 0.3 is 0 Å². The molecule has 0 spiro atoms. The molecule has 3 aromatic heterocycles. The minimum Gasteiger partial charge on any atom is -0.348 e. The fourth-order valence-corrected chi connectivity index (χ4v) is 3.61. The Balaban J connectivity index is 1.54. The van der Waals surface area contributed by atoms with E-state index in [-0.39, 0.29) is 6.04 Å². The first-order valence-corrected chi connectivity index (χ1v) is 8.44. The summed E-state index contributed by atoms with van der Waals surface area (Å²) in [5, 5.41) is 6.24. The Morgan fingerprint density at radius 2 is 2.17 bits per heavy atom. The van der Waals surface area contributed by atoms with Gasteiger partial charge in [-0.1, -0.05) is 6.07 Å². The predicted octanol–water partition coefficient (Wildman–Crippen LogP) is 3.41. The maximum Gasteiger partial charge on any atom is 0.188 e. The number of aromatic nitrogens is 4. The fraction of sp³-hybridized carbons (Fsp3) is 0.250. The first-order chi connectivity index (χ1) is 11.4. The summed E-state index contributed by atoms with van der Waals surface area (Å²) >= 11 is 1.61. The van der Waals surface area contributed by atoms with Crippen molar-refractivity contribution in [3.63, 3.8) is 0 Å². The van der Waals surface area contributed by atoms with Gasteiger partial charge in [0.05, 0.1) is 11.7 Å². The first kappa shape index (κ1) is 14.1. The lowest BCUT2D eigenvalue weighted by atomic mass is 10.2. The van der Waals surface area contributed by atoms with Gasteiger partial charge in [-0.3, -0.25) is 0 Å². The summed E-state index contributed by atoms with van der Waals surface area (Å²) < 4.78 is 0. The van der Waals surface area contributed by atoms with Crippen LogP contribution < -0.4 is 10.2 Å². The summed E-state index contributed by atoms with van der Waals surface area (Å²) in [6, 6.07) is 8.02. The molecule has 1 fully saturated rings. The van der Waals surface area contributed by atoms with Gasteiger partial charge in [0, 0.05) is 24.3 Å². The van der Waals surface area contributed by atoms with Crippen LogP contribution in [-0.2, 0) is 0 Å². The summed E-state index contributed by atoms with van der Waals surface area (Å²) in [4.78, 5) is 19.7. The zero-order valence-corrected chi connectivity index (χ0v) is 13.3. The van der Waals surface area contributed by atoms with Crippen molar-refractivity contribution in [3.8, 4) is 0 Å². The van der Waals surface area contributed by atoms with Crippen LogP contribution >= 0.6 is 11.3 Å². The van der Waals surface area contributed by atoms with Crippen LogP contribution in [0.2, 0.25) is 0 Å². The van der Waals surface area contributed by atoms with E-state index in [0.717, 1.165) is 41.8 Å². The normalized spacial score (nSPS) is 17.4. The molecule has 0 aromatic carbocycles. The fourth-order valence-electron chi connectivity index (χ4n) is 2.84. The molecule has 1 aliphatic heterocycles. The van der Waals surface area contributed by atoms with Crippen molar-refractivity contribution < 1.29 is 0 Å². The maximum atomic E-state index is 4.75. The number of nitrogens with zero attached hydrogens (tertiary/aromatic N) is 5. The van der Waals surface area contributed by atoms with Gasteiger partial charge in [-0.05, 0) is 31.0 Å². The Morgan fingerprint density at radius 3 is 3.00 bits per heavy atom. The number of rotatable bonds is 4. The van der Waals surface area contributed by atoms with Crippen molar-refractivity contribution in [2.24, 2.45) is 0 Å². The van der Waals surface area contributed by atoms with Gasteiger partial charge in [-0.25, -0.2) is 19.9 Å². The third-order valence-corrected chi connectivity index (χ3v) is 4.65. The van der Waals surface area contributed by atoms with E-state index in [2.05, 4.69) is 30.5 Å². The molecule has 0 radical (unpaired) electrons. The third-order valence-electron chi connectivity index (χ3n) is 3.88. The molecule has 0 aliphatic carbocycles. The van der Waals surface area contributed by atoms with E-state index in [1.54, 1.807) is 30.1 Å². The van der Waals surface area contributed by atoms with Crippen LogP contribution in [0.15, 0.2) is 48.4 Å². The van der Waals surface area contributed by atoms with Gasteiger partial charge in [-0.2, -0.15) is 0 Å². The Morgan fingerprint density at radius 1 is 1.17 bits per heavy atom. The SMILES string of the molecule is c1ccc(Nc2nc([C@H]3CCCN3c3ccncn3)cs2)nc1. The predicted molar refractivity (Wildman–Crippen MR) is 91.0 cm³/mol. The van der Waals surface area contributed by atoms with E-state index >= 15 is 0 Å². The zero-order chi connectivity index (χ0) is 15.5. The number of anilines is 3. The largest absolute Gasteiger partial charge is 0.348 e. The van der Waals surface area contributed by atoms with E-state index in [9.17, 15) is 0 Å². The molecule has 0 unspecified atom stereocenters. The van der Waals surface area contributed by atoms with E-state index in [0.29, 0.717) is 0 Å². The molecule has 4 heterocycles. The minimum absolute atomic E-state index is 0.278. The maximum absolute atomic E-state index is 4.75. The lowest BCUT2D eigenvalue weighted by Gasteiger charge is -2.24. The van der Waals surface area contributed by atoms with Crippen LogP contribution in [0.25, 0.3) is 0 Å². The minimum atomic E-state index is 0.278. The van der Waals surface area contributed by atoms with Crippen LogP contribution in [0.5, 0.6) is 0 Å². The molecule has 1 saturated heterocycles. The second kappa shape index (κ2) is 6.29. The average molecular weight is 324 g/mol. The quantitative estimate of drug-likeness (QED) is 0.793. The molecule has 4 rings (SSSR count). The van der Waals surface area contributed by atoms with Crippen molar-refractivity contribution in [2.45, 2.75) is 18.9 Å². The van der Waals surface area contributed by atoms with Gasteiger partial charge in [0.15, 0.2) is 5.13 Å². The number of nitrogens with one attached hydrogen (secondary N) is 1. The smallest absolute Gasteiger partial charge is 0.188 e. The second-order valence-corrected chi connectivity index (χ2v) is 6.19. The summed E-state index contributed by atoms with van der Waals surface area (Å²) in [5.41, 5.74) is 1.09. The molecule has 0 bridgehead atoms. The van der Waals surface area contributed by atoms with E-state index in [1.807, 2.05) is 24.3 Å². The molecule has 0 saturated carbocycles. The Bertz CT molecular complexity index is 761. The van der Waals surface area contributed by atoms with Crippen molar-refractivity contribution in [3.05, 3.63) is 54.1 Å². The zero-order valence-electron chi connectivity index (χ0n) is 12.5. The lowest BCUT2D eigenvalue weighted by Crippen LogP contribution is -2.23. The molecule has 6 nitrogen and oxygen atoms in total. The van der Waals surface area contributed by atoms with E-state index in [4.69, 9.17) is 4.98 Å². The van der Waals surface area contributed by atoms with Gasteiger partial charge in [0.1, 0.15) is 18.0 Å². The van der Waals surface area contributed by atoms with Crippen LogP contribution in [-0.4, -0.2) is 26.5 Å². The Hall–Kier alpha value is -2.54. The highest BCUT2D eigenvalue weighted by molar-refractivity contribution is 7.13. The topological polar surface area (TPSA) is 66.8 Å². The molecule has 116 valence electrons. The van der Waals surface area contributed by atoms with Gasteiger partial charge in [-0.15, -0.1) is 11.3 Å². The second-order valence-electron chi connectivity index (χ2n) is 5.34. The molecular weight excluding hydrogens is 308 g/mol. The van der Waals surface area contributed by atoms with Crippen LogP contribution in [0.1, 0.15) is 24.6 Å². The van der Waals surface area contributed by atoms with Crippen molar-refractivity contribution in [1.29, 1.82) is 0 Å². The molecule has 3 aromatic rings. The summed E-state index contributed by atoms with van der Waals surface area (Å²) in [6.07, 6.45) is 7.39. The molecule has 23 heavy (non-hydrogen) atoms. The number of hydrogen-bond donors (Lipinski definition) is 1. The first-order valence-electron chi connectivity index (χ1n) is 7.56. The molecule has 1 aliphatic rings. The highest BCUT2D eigenvalue weighted by Crippen LogP contribution is 2.36. The molecular formula is C16H16N6S. The number of hydrogen-bond acceptors (Lipinski definition) is 7. The summed E-state index contributed by atoms with van der Waals surface area (Å²) in [7, 11) is 0. The summed E-state index contributed by atoms with van der Waals surface area (Å²) in [5.74, 6) is 1.78. The van der Waals surface area contributed by atoms with Crippen molar-refractivity contribution in [2.75, 3.05) is 16.8 Å². The Labute approximate surface area is 138 Å². The third kappa shape index (κ3) is 3.00. The highest BCUT2D eigenvalue weighted by Gasteiger charge is 2.29. The summed E-state index contributed by atoms with van der Waals surface area (Å²) in [6.45, 7) is 1.00. The average Bonchev–Trinajstić information content (AvgIpc) is 3.25. The molecule has 0 amide bonds. The van der Waals surface area contributed by atoms with Gasteiger partial charge in [0.25, 0.3) is 0 Å². The van der Waals surface area contributed by atoms with Crippen LogP contribution in [0, 0.1) is 0 Å². The lowest BCUT2D eigenvalue weighted by molar-refractivity contribution is 0.692. The van der Waals surface area contributed by atoms with Crippen molar-refractivity contribution in [1.82, 2.24) is 19.9 Å². The van der Waals surface area contributed by atoms with E-state index in [1.165, 1.54) is 0 Å². The van der Waals surface area contributed by atoms with Crippen molar-refractivity contribution >= 4 is 28.1 Å². The molecule has 7 heteroatoms. The number of thiazole rings is 1.